The van der Waals surface area contributed by atoms with E-state index in [0.717, 1.165) is 0 Å². The van der Waals surface area contributed by atoms with Crippen molar-refractivity contribution in [3.63, 3.8) is 0 Å². The number of thioether (sulfide) groups is 1. The van der Waals surface area contributed by atoms with E-state index < -0.39 is 0 Å². The summed E-state index contributed by atoms with van der Waals surface area (Å²) >= 11 is 3.75. The normalized spacial score (nSPS) is 10.4. The predicted octanol–water partition coefficient (Wildman–Crippen LogP) is 2.99. The van der Waals surface area contributed by atoms with Crippen molar-refractivity contribution in [1.82, 2.24) is 15.2 Å². The molecular formula is C16H15N5O4S3. The molecule has 0 saturated heterocycles. The summed E-state index contributed by atoms with van der Waals surface area (Å²) in [5.74, 6) is 0.610. The number of nitrogens with one attached hydrogen (secondary N) is 2. The van der Waals surface area contributed by atoms with Gasteiger partial charge in [-0.15, -0.1) is 21.5 Å². The van der Waals surface area contributed by atoms with Crippen LogP contribution in [-0.2, 0) is 4.79 Å². The van der Waals surface area contributed by atoms with Crippen molar-refractivity contribution < 1.29 is 19.1 Å². The fraction of sp³-hybridized carbons (Fsp3) is 0.188. The van der Waals surface area contributed by atoms with E-state index in [-0.39, 0.29) is 17.6 Å². The highest BCUT2D eigenvalue weighted by molar-refractivity contribution is 8.01. The quantitative estimate of drug-likeness (QED) is 0.408. The molecule has 3 aromatic rings. The maximum Gasteiger partial charge on any atom is 0.257 e. The molecular weight excluding hydrogens is 422 g/mol. The third-order valence-electron chi connectivity index (χ3n) is 3.25. The van der Waals surface area contributed by atoms with Crippen molar-refractivity contribution in [2.45, 2.75) is 4.34 Å². The first-order valence-electron chi connectivity index (χ1n) is 7.77. The average molecular weight is 438 g/mol. The number of methoxy groups -OCH3 is 2. The summed E-state index contributed by atoms with van der Waals surface area (Å²) in [7, 11) is 3.02. The summed E-state index contributed by atoms with van der Waals surface area (Å²) in [6, 6.07) is 4.86. The second-order valence-corrected chi connectivity index (χ2v) is 8.20. The van der Waals surface area contributed by atoms with Crippen LogP contribution in [0.25, 0.3) is 0 Å². The topological polar surface area (TPSA) is 115 Å². The minimum absolute atomic E-state index is 0.162. The molecule has 0 radical (unpaired) electrons. The summed E-state index contributed by atoms with van der Waals surface area (Å²) < 4.78 is 10.9. The molecule has 2 amide bonds. The zero-order valence-electron chi connectivity index (χ0n) is 14.8. The molecule has 2 heterocycles. The monoisotopic (exact) mass is 437 g/mol. The Morgan fingerprint density at radius 2 is 1.82 bits per heavy atom. The lowest BCUT2D eigenvalue weighted by molar-refractivity contribution is -0.113. The molecule has 2 aromatic heterocycles. The van der Waals surface area contributed by atoms with Crippen LogP contribution in [0.1, 0.15) is 10.4 Å². The molecule has 3 rings (SSSR count). The fourth-order valence-corrected chi connectivity index (χ4v) is 4.09. The van der Waals surface area contributed by atoms with Gasteiger partial charge in [-0.1, -0.05) is 23.1 Å². The van der Waals surface area contributed by atoms with Gasteiger partial charge in [0.1, 0.15) is 11.5 Å². The number of carbonyl (C=O) groups is 2. The molecule has 0 aliphatic heterocycles. The highest BCUT2D eigenvalue weighted by atomic mass is 32.2. The van der Waals surface area contributed by atoms with Crippen LogP contribution in [0.2, 0.25) is 0 Å². The third-order valence-corrected chi connectivity index (χ3v) is 5.91. The van der Waals surface area contributed by atoms with E-state index in [1.807, 2.05) is 0 Å². The van der Waals surface area contributed by atoms with Gasteiger partial charge in [0.05, 0.1) is 20.0 Å². The molecule has 9 nitrogen and oxygen atoms in total. The average Bonchev–Trinajstić information content (AvgIpc) is 3.37. The SMILES string of the molecule is COc1cc(OC)cc(C(=O)Nc2nnc(SCC(=O)Nc3nccs3)s2)c1. The zero-order chi connectivity index (χ0) is 19.9. The van der Waals surface area contributed by atoms with E-state index in [1.54, 1.807) is 29.8 Å². The first-order valence-corrected chi connectivity index (χ1v) is 10.5. The number of hydrogen-bond donors (Lipinski definition) is 2. The number of aromatic nitrogens is 3. The van der Waals surface area contributed by atoms with Crippen molar-refractivity contribution in [1.29, 1.82) is 0 Å². The second-order valence-electron chi connectivity index (χ2n) is 5.10. The number of anilines is 2. The van der Waals surface area contributed by atoms with Gasteiger partial charge in [0.25, 0.3) is 5.91 Å². The van der Waals surface area contributed by atoms with Crippen molar-refractivity contribution in [3.05, 3.63) is 35.3 Å². The van der Waals surface area contributed by atoms with Gasteiger partial charge in [-0.05, 0) is 12.1 Å². The van der Waals surface area contributed by atoms with Gasteiger partial charge in [-0.3, -0.25) is 14.9 Å². The molecule has 12 heteroatoms. The van der Waals surface area contributed by atoms with E-state index in [9.17, 15) is 9.59 Å². The third kappa shape index (κ3) is 5.41. The van der Waals surface area contributed by atoms with Gasteiger partial charge in [0.2, 0.25) is 11.0 Å². The number of thiazole rings is 1. The smallest absolute Gasteiger partial charge is 0.257 e. The Bertz CT molecular complexity index is 939. The Morgan fingerprint density at radius 1 is 1.07 bits per heavy atom. The Kier molecular flexibility index (Phi) is 6.79. The van der Waals surface area contributed by atoms with Crippen LogP contribution < -0.4 is 20.1 Å². The van der Waals surface area contributed by atoms with Crippen LogP contribution in [0.5, 0.6) is 11.5 Å². The zero-order valence-corrected chi connectivity index (χ0v) is 17.2. The van der Waals surface area contributed by atoms with Gasteiger partial charge in [-0.25, -0.2) is 4.98 Å². The molecule has 28 heavy (non-hydrogen) atoms. The van der Waals surface area contributed by atoms with E-state index >= 15 is 0 Å². The Labute approximate surface area is 172 Å². The lowest BCUT2D eigenvalue weighted by Crippen LogP contribution is -2.13. The molecule has 0 fully saturated rings. The molecule has 0 unspecified atom stereocenters. The second kappa shape index (κ2) is 9.48. The highest BCUT2D eigenvalue weighted by Gasteiger charge is 2.14. The van der Waals surface area contributed by atoms with Crippen molar-refractivity contribution in [2.24, 2.45) is 0 Å². The number of amides is 2. The van der Waals surface area contributed by atoms with Crippen LogP contribution >= 0.6 is 34.4 Å². The maximum absolute atomic E-state index is 12.4. The first-order chi connectivity index (χ1) is 13.6. The van der Waals surface area contributed by atoms with Gasteiger partial charge in [0.15, 0.2) is 9.47 Å². The van der Waals surface area contributed by atoms with Crippen LogP contribution in [0.15, 0.2) is 34.1 Å². The molecule has 2 N–H and O–H groups in total. The van der Waals surface area contributed by atoms with E-state index in [4.69, 9.17) is 9.47 Å². The standard InChI is InChI=1S/C16H15N5O4S3/c1-24-10-5-9(6-11(7-10)25-2)13(23)19-15-20-21-16(28-15)27-8-12(22)18-14-17-3-4-26-14/h3-7H,8H2,1-2H3,(H,17,18,22)(H,19,20,23). The Balaban J connectivity index is 1.56. The molecule has 0 aliphatic carbocycles. The van der Waals surface area contributed by atoms with Gasteiger partial charge in [0, 0.05) is 23.2 Å². The van der Waals surface area contributed by atoms with Crippen molar-refractivity contribution >= 4 is 56.5 Å². The minimum atomic E-state index is -0.369. The van der Waals surface area contributed by atoms with E-state index in [0.29, 0.717) is 31.7 Å². The maximum atomic E-state index is 12.4. The van der Waals surface area contributed by atoms with Crippen molar-refractivity contribution in [2.75, 3.05) is 30.6 Å². The summed E-state index contributed by atoms with van der Waals surface area (Å²) in [4.78, 5) is 28.3. The molecule has 0 bridgehead atoms. The Hall–Kier alpha value is -2.70. The lowest BCUT2D eigenvalue weighted by atomic mass is 10.2. The summed E-state index contributed by atoms with van der Waals surface area (Å²) in [6.07, 6.45) is 1.62. The Morgan fingerprint density at radius 3 is 2.46 bits per heavy atom. The van der Waals surface area contributed by atoms with Gasteiger partial charge in [-0.2, -0.15) is 0 Å². The molecule has 0 atom stereocenters. The first kappa shape index (κ1) is 20.0. The molecule has 0 spiro atoms. The fourth-order valence-electron chi connectivity index (χ4n) is 1.99. The van der Waals surface area contributed by atoms with Crippen LogP contribution in [0.4, 0.5) is 10.3 Å². The molecule has 146 valence electrons. The predicted molar refractivity (Wildman–Crippen MR) is 109 cm³/mol. The lowest BCUT2D eigenvalue weighted by Gasteiger charge is -2.07. The van der Waals surface area contributed by atoms with Gasteiger partial charge < -0.3 is 14.8 Å². The number of nitrogens with zero attached hydrogens (tertiary/aromatic N) is 3. The highest BCUT2D eigenvalue weighted by Crippen LogP contribution is 2.27. The molecule has 1 aromatic carbocycles. The summed E-state index contributed by atoms with van der Waals surface area (Å²) in [5.41, 5.74) is 0.364. The largest absolute Gasteiger partial charge is 0.497 e. The number of hydrogen-bond acceptors (Lipinski definition) is 10. The van der Waals surface area contributed by atoms with E-state index in [1.165, 1.54) is 48.7 Å². The van der Waals surface area contributed by atoms with Crippen LogP contribution in [0.3, 0.4) is 0 Å². The van der Waals surface area contributed by atoms with Crippen LogP contribution in [0, 0.1) is 0 Å². The number of rotatable bonds is 8. The molecule has 0 aliphatic rings. The van der Waals surface area contributed by atoms with Crippen LogP contribution in [-0.4, -0.2) is 47.0 Å². The summed E-state index contributed by atoms with van der Waals surface area (Å²) in [5, 5.41) is 15.9. The molecule has 0 saturated carbocycles. The number of benzene rings is 1. The number of carbonyl (C=O) groups excluding carboxylic acids is 2. The van der Waals surface area contributed by atoms with E-state index in [2.05, 4.69) is 25.8 Å². The minimum Gasteiger partial charge on any atom is -0.497 e. The number of ether oxygens (including phenoxy) is 2. The summed E-state index contributed by atoms with van der Waals surface area (Å²) in [6.45, 7) is 0. The van der Waals surface area contributed by atoms with Crippen molar-refractivity contribution in [3.8, 4) is 11.5 Å². The van der Waals surface area contributed by atoms with Gasteiger partial charge >= 0.3 is 0 Å².